The number of halogens is 2. The predicted octanol–water partition coefficient (Wildman–Crippen LogP) is 3.88. The Labute approximate surface area is 207 Å². The van der Waals surface area contributed by atoms with Crippen LogP contribution in [0.2, 0.25) is 0 Å². The molecule has 3 aliphatic heterocycles. The SMILES string of the molecule is CNc1nc(N2CCCCCC2)ccc1C(=N)C(=O)CC1CCN(CCN2CCC(F)(F)C2)CC1. The van der Waals surface area contributed by atoms with Crippen LogP contribution < -0.4 is 10.2 Å². The number of ketones is 1. The highest BCUT2D eigenvalue weighted by atomic mass is 19.3. The van der Waals surface area contributed by atoms with Crippen LogP contribution in [0.1, 0.15) is 56.9 Å². The number of carbonyl (C=O) groups is 1. The van der Waals surface area contributed by atoms with Gasteiger partial charge in [-0.1, -0.05) is 12.8 Å². The van der Waals surface area contributed by atoms with Crippen LogP contribution in [0.5, 0.6) is 0 Å². The molecule has 0 aliphatic carbocycles. The van der Waals surface area contributed by atoms with E-state index in [9.17, 15) is 13.6 Å². The molecule has 4 rings (SSSR count). The molecule has 2 N–H and O–H groups in total. The highest BCUT2D eigenvalue weighted by Gasteiger charge is 2.38. The Morgan fingerprint density at radius 3 is 2.37 bits per heavy atom. The Hall–Kier alpha value is -2.13. The zero-order valence-electron chi connectivity index (χ0n) is 21.0. The van der Waals surface area contributed by atoms with E-state index in [1.807, 2.05) is 17.0 Å². The average Bonchev–Trinajstić information content (AvgIpc) is 3.03. The second-order valence-electron chi connectivity index (χ2n) is 10.4. The van der Waals surface area contributed by atoms with Gasteiger partial charge in [-0.2, -0.15) is 0 Å². The van der Waals surface area contributed by atoms with Gasteiger partial charge in [0.05, 0.1) is 6.54 Å². The summed E-state index contributed by atoms with van der Waals surface area (Å²) in [6, 6.07) is 3.81. The van der Waals surface area contributed by atoms with E-state index in [4.69, 9.17) is 10.4 Å². The maximum absolute atomic E-state index is 13.4. The van der Waals surface area contributed by atoms with Gasteiger partial charge in [0.1, 0.15) is 17.3 Å². The molecule has 0 atom stereocenters. The van der Waals surface area contributed by atoms with Gasteiger partial charge < -0.3 is 15.1 Å². The Kier molecular flexibility index (Phi) is 8.70. The van der Waals surface area contributed by atoms with E-state index in [1.165, 1.54) is 25.7 Å². The van der Waals surface area contributed by atoms with Crippen molar-refractivity contribution in [2.75, 3.05) is 69.6 Å². The van der Waals surface area contributed by atoms with Crippen molar-refractivity contribution < 1.29 is 13.6 Å². The molecule has 0 bridgehead atoms. The van der Waals surface area contributed by atoms with Crippen molar-refractivity contribution in [1.82, 2.24) is 14.8 Å². The number of hydrogen-bond donors (Lipinski definition) is 2. The number of likely N-dealkylation sites (tertiary alicyclic amines) is 2. The van der Waals surface area contributed by atoms with Crippen molar-refractivity contribution in [1.29, 1.82) is 5.41 Å². The first-order valence-corrected chi connectivity index (χ1v) is 13.2. The number of Topliss-reactive ketones (excluding diaryl/α,β-unsaturated/α-hetero) is 1. The number of nitrogens with zero attached hydrogens (tertiary/aromatic N) is 4. The van der Waals surface area contributed by atoms with E-state index >= 15 is 0 Å². The van der Waals surface area contributed by atoms with Crippen LogP contribution in [-0.2, 0) is 4.79 Å². The molecule has 0 amide bonds. The maximum atomic E-state index is 13.4. The lowest BCUT2D eigenvalue weighted by Crippen LogP contribution is -2.40. The number of nitrogens with one attached hydrogen (secondary N) is 2. The van der Waals surface area contributed by atoms with Gasteiger partial charge in [-0.15, -0.1) is 0 Å². The van der Waals surface area contributed by atoms with Crippen LogP contribution in [0, 0.1) is 11.3 Å². The van der Waals surface area contributed by atoms with Crippen LogP contribution in [0.3, 0.4) is 0 Å². The van der Waals surface area contributed by atoms with E-state index in [-0.39, 0.29) is 30.4 Å². The summed E-state index contributed by atoms with van der Waals surface area (Å²) in [6.07, 6.45) is 6.99. The first-order valence-electron chi connectivity index (χ1n) is 13.2. The molecule has 194 valence electrons. The quantitative estimate of drug-likeness (QED) is 0.512. The zero-order chi connectivity index (χ0) is 24.8. The number of pyridine rings is 1. The molecular formula is C26H40F2N6O. The van der Waals surface area contributed by atoms with Crippen LogP contribution in [0.4, 0.5) is 20.4 Å². The second-order valence-corrected chi connectivity index (χ2v) is 10.4. The predicted molar refractivity (Wildman–Crippen MR) is 136 cm³/mol. The van der Waals surface area contributed by atoms with Crippen molar-refractivity contribution >= 4 is 23.1 Å². The Bertz CT molecular complexity index is 879. The Balaban J connectivity index is 1.25. The molecule has 9 heteroatoms. The minimum Gasteiger partial charge on any atom is -0.373 e. The monoisotopic (exact) mass is 490 g/mol. The molecule has 4 heterocycles. The first kappa shape index (κ1) is 25.9. The highest BCUT2D eigenvalue weighted by Crippen LogP contribution is 2.28. The van der Waals surface area contributed by atoms with E-state index in [0.29, 0.717) is 30.9 Å². The van der Waals surface area contributed by atoms with Crippen molar-refractivity contribution in [3.63, 3.8) is 0 Å². The van der Waals surface area contributed by atoms with Crippen molar-refractivity contribution in [3.05, 3.63) is 17.7 Å². The fourth-order valence-electron chi connectivity index (χ4n) is 5.53. The third kappa shape index (κ3) is 6.97. The molecule has 1 aromatic heterocycles. The molecule has 0 radical (unpaired) electrons. The fraction of sp³-hybridized carbons (Fsp3) is 0.731. The maximum Gasteiger partial charge on any atom is 0.261 e. The summed E-state index contributed by atoms with van der Waals surface area (Å²) in [5.74, 6) is -0.910. The summed E-state index contributed by atoms with van der Waals surface area (Å²) in [5.41, 5.74) is 0.595. The lowest BCUT2D eigenvalue weighted by atomic mass is 9.89. The van der Waals surface area contributed by atoms with Crippen LogP contribution in [0.25, 0.3) is 0 Å². The molecule has 0 aromatic carbocycles. The van der Waals surface area contributed by atoms with Gasteiger partial charge in [0.15, 0.2) is 5.78 Å². The summed E-state index contributed by atoms with van der Waals surface area (Å²) in [6.45, 7) is 5.58. The van der Waals surface area contributed by atoms with Crippen LogP contribution in [0.15, 0.2) is 12.1 Å². The number of alkyl halides is 2. The van der Waals surface area contributed by atoms with E-state index in [1.54, 1.807) is 7.05 Å². The van der Waals surface area contributed by atoms with Gasteiger partial charge in [-0.3, -0.25) is 15.1 Å². The van der Waals surface area contributed by atoms with Crippen molar-refractivity contribution in [2.24, 2.45) is 5.92 Å². The number of hydrogen-bond acceptors (Lipinski definition) is 7. The molecule has 3 fully saturated rings. The average molecular weight is 491 g/mol. The molecule has 3 aliphatic rings. The zero-order valence-corrected chi connectivity index (χ0v) is 21.0. The van der Waals surface area contributed by atoms with Crippen molar-refractivity contribution in [2.45, 2.75) is 57.3 Å². The molecule has 35 heavy (non-hydrogen) atoms. The van der Waals surface area contributed by atoms with Gasteiger partial charge in [-0.25, -0.2) is 13.8 Å². The van der Waals surface area contributed by atoms with Gasteiger partial charge in [0.25, 0.3) is 5.92 Å². The van der Waals surface area contributed by atoms with E-state index in [2.05, 4.69) is 15.1 Å². The minimum absolute atomic E-state index is 0.0293. The van der Waals surface area contributed by atoms with E-state index in [0.717, 1.165) is 51.4 Å². The number of piperidine rings is 1. The fourth-order valence-corrected chi connectivity index (χ4v) is 5.53. The van der Waals surface area contributed by atoms with Crippen LogP contribution in [-0.4, -0.2) is 91.6 Å². The third-order valence-electron chi connectivity index (χ3n) is 7.76. The molecule has 7 nitrogen and oxygen atoms in total. The van der Waals surface area contributed by atoms with Crippen molar-refractivity contribution in [3.8, 4) is 0 Å². The summed E-state index contributed by atoms with van der Waals surface area (Å²) < 4.78 is 26.7. The van der Waals surface area contributed by atoms with Gasteiger partial charge in [-0.05, 0) is 56.8 Å². The summed E-state index contributed by atoms with van der Waals surface area (Å²) in [5, 5.41) is 11.7. The summed E-state index contributed by atoms with van der Waals surface area (Å²) >= 11 is 0. The number of carbonyl (C=O) groups excluding carboxylic acids is 1. The third-order valence-corrected chi connectivity index (χ3v) is 7.76. The topological polar surface area (TPSA) is 75.6 Å². The number of aromatic nitrogens is 1. The Morgan fingerprint density at radius 1 is 1.06 bits per heavy atom. The summed E-state index contributed by atoms with van der Waals surface area (Å²) in [4.78, 5) is 24.2. The van der Waals surface area contributed by atoms with Gasteiger partial charge in [0.2, 0.25) is 0 Å². The molecule has 0 saturated carbocycles. The van der Waals surface area contributed by atoms with Gasteiger partial charge in [0, 0.05) is 58.2 Å². The van der Waals surface area contributed by atoms with Gasteiger partial charge >= 0.3 is 0 Å². The molecule has 3 saturated heterocycles. The largest absolute Gasteiger partial charge is 0.373 e. The number of anilines is 2. The molecule has 1 aromatic rings. The number of rotatable bonds is 9. The highest BCUT2D eigenvalue weighted by molar-refractivity contribution is 6.45. The molecule has 0 spiro atoms. The molecule has 0 unspecified atom stereocenters. The van der Waals surface area contributed by atoms with Crippen LogP contribution >= 0.6 is 0 Å². The molecular weight excluding hydrogens is 450 g/mol. The van der Waals surface area contributed by atoms with E-state index < -0.39 is 5.92 Å². The lowest BCUT2D eigenvalue weighted by molar-refractivity contribution is -0.114. The minimum atomic E-state index is -2.53. The lowest BCUT2D eigenvalue weighted by Gasteiger charge is -2.32. The standard InChI is InChI=1S/C26H40F2N6O/c1-30-25-21(6-7-23(31-25)34-11-4-2-3-5-12-34)24(29)22(35)18-20-8-13-32(14-9-20)16-17-33-15-10-26(27,28)19-33/h6-7,20,29H,2-5,8-19H2,1H3,(H,30,31). The normalized spacial score (nSPS) is 22.2. The smallest absolute Gasteiger partial charge is 0.261 e. The second kappa shape index (κ2) is 11.7. The summed E-state index contributed by atoms with van der Waals surface area (Å²) in [7, 11) is 1.79. The Morgan fingerprint density at radius 2 is 1.74 bits per heavy atom. The first-order chi connectivity index (χ1) is 16.8.